The van der Waals surface area contributed by atoms with Crippen LogP contribution in [0.4, 0.5) is 0 Å². The van der Waals surface area contributed by atoms with Crippen LogP contribution in [-0.4, -0.2) is 25.0 Å². The molecule has 0 spiro atoms. The van der Waals surface area contributed by atoms with Gasteiger partial charge in [0.25, 0.3) is 0 Å². The summed E-state index contributed by atoms with van der Waals surface area (Å²) in [7, 11) is 1.69. The zero-order valence-electron chi connectivity index (χ0n) is 10.3. The number of nitrogens with one attached hydrogen (secondary N) is 2. The quantitative estimate of drug-likeness (QED) is 0.745. The van der Waals surface area contributed by atoms with Crippen LogP contribution in [0.2, 0.25) is 0 Å². The summed E-state index contributed by atoms with van der Waals surface area (Å²) >= 11 is 0. The van der Waals surface area contributed by atoms with Crippen molar-refractivity contribution >= 4 is 5.91 Å². The number of carbonyl (C=O) groups excluding carboxylic acids is 1. The Labute approximate surface area is 93.0 Å². The Morgan fingerprint density at radius 2 is 2.00 bits per heavy atom. The maximum atomic E-state index is 11.4. The summed E-state index contributed by atoms with van der Waals surface area (Å²) in [5, 5.41) is 6.12. The molecule has 1 amide bonds. The highest BCUT2D eigenvalue weighted by atomic mass is 16.2. The molecule has 1 aliphatic rings. The monoisotopic (exact) mass is 212 g/mol. The summed E-state index contributed by atoms with van der Waals surface area (Å²) in [6, 6.07) is 0.425. The summed E-state index contributed by atoms with van der Waals surface area (Å²) in [6.07, 6.45) is 3.81. The van der Waals surface area contributed by atoms with E-state index in [-0.39, 0.29) is 11.9 Å². The molecule has 0 aliphatic heterocycles. The third-order valence-electron chi connectivity index (χ3n) is 3.81. The lowest BCUT2D eigenvalue weighted by atomic mass is 9.78. The van der Waals surface area contributed by atoms with E-state index >= 15 is 0 Å². The van der Waals surface area contributed by atoms with Crippen molar-refractivity contribution in [3.8, 4) is 0 Å². The fourth-order valence-electron chi connectivity index (χ4n) is 2.43. The lowest BCUT2D eigenvalue weighted by Gasteiger charge is -2.36. The molecule has 1 saturated carbocycles. The first-order valence-corrected chi connectivity index (χ1v) is 6.04. The first kappa shape index (κ1) is 12.5. The van der Waals surface area contributed by atoms with Gasteiger partial charge < -0.3 is 10.6 Å². The van der Waals surface area contributed by atoms with Gasteiger partial charge in [0.1, 0.15) is 0 Å². The molecule has 0 aromatic rings. The van der Waals surface area contributed by atoms with Crippen molar-refractivity contribution in [3.63, 3.8) is 0 Å². The Balaban J connectivity index is 2.46. The van der Waals surface area contributed by atoms with Gasteiger partial charge in [-0.1, -0.05) is 26.7 Å². The highest BCUT2D eigenvalue weighted by Gasteiger charge is 2.28. The number of carbonyl (C=O) groups is 1. The topological polar surface area (TPSA) is 41.1 Å². The van der Waals surface area contributed by atoms with Crippen LogP contribution in [0, 0.1) is 11.8 Å². The zero-order valence-corrected chi connectivity index (χ0v) is 10.3. The molecule has 88 valence electrons. The van der Waals surface area contributed by atoms with Crippen LogP contribution in [0.25, 0.3) is 0 Å². The van der Waals surface area contributed by atoms with Crippen molar-refractivity contribution in [3.05, 3.63) is 0 Å². The Kier molecular flexibility index (Phi) is 4.58. The van der Waals surface area contributed by atoms with Crippen LogP contribution < -0.4 is 10.6 Å². The number of hydrogen-bond acceptors (Lipinski definition) is 2. The minimum absolute atomic E-state index is 0.0762. The van der Waals surface area contributed by atoms with E-state index in [1.807, 2.05) is 6.92 Å². The molecule has 4 atom stereocenters. The highest BCUT2D eigenvalue weighted by Crippen LogP contribution is 2.29. The standard InChI is InChI=1S/C12H24N2O/c1-8-6-5-7-11(9(8)2)14-10(3)12(15)13-4/h8-11,14H,5-7H2,1-4H3,(H,13,15). The van der Waals surface area contributed by atoms with E-state index in [1.165, 1.54) is 19.3 Å². The van der Waals surface area contributed by atoms with Gasteiger partial charge in [0, 0.05) is 13.1 Å². The SMILES string of the molecule is CNC(=O)C(C)NC1CCCC(C)C1C. The van der Waals surface area contributed by atoms with Crippen LogP contribution in [0.3, 0.4) is 0 Å². The predicted molar refractivity (Wildman–Crippen MR) is 62.6 cm³/mol. The van der Waals surface area contributed by atoms with Crippen molar-refractivity contribution in [2.24, 2.45) is 11.8 Å². The van der Waals surface area contributed by atoms with Gasteiger partial charge in [-0.15, -0.1) is 0 Å². The second-order valence-corrected chi connectivity index (χ2v) is 4.88. The van der Waals surface area contributed by atoms with E-state index in [4.69, 9.17) is 0 Å². The Hall–Kier alpha value is -0.570. The Morgan fingerprint density at radius 1 is 1.33 bits per heavy atom. The summed E-state index contributed by atoms with van der Waals surface area (Å²) in [5.74, 6) is 1.53. The van der Waals surface area contributed by atoms with E-state index in [9.17, 15) is 4.79 Å². The maximum absolute atomic E-state index is 11.4. The first-order valence-electron chi connectivity index (χ1n) is 6.04. The normalized spacial score (nSPS) is 33.5. The van der Waals surface area contributed by atoms with Gasteiger partial charge in [0.15, 0.2) is 0 Å². The van der Waals surface area contributed by atoms with Crippen molar-refractivity contribution in [2.75, 3.05) is 7.05 Å². The molecule has 0 bridgehead atoms. The Bertz CT molecular complexity index is 218. The Morgan fingerprint density at radius 3 is 2.60 bits per heavy atom. The largest absolute Gasteiger partial charge is 0.358 e. The van der Waals surface area contributed by atoms with Gasteiger partial charge in [-0.05, 0) is 25.2 Å². The third kappa shape index (κ3) is 3.20. The van der Waals surface area contributed by atoms with E-state index in [0.29, 0.717) is 12.0 Å². The highest BCUT2D eigenvalue weighted by molar-refractivity contribution is 5.80. The van der Waals surface area contributed by atoms with Crippen molar-refractivity contribution in [1.29, 1.82) is 0 Å². The summed E-state index contributed by atoms with van der Waals surface area (Å²) in [4.78, 5) is 11.4. The molecule has 0 aromatic carbocycles. The molecule has 0 radical (unpaired) electrons. The van der Waals surface area contributed by atoms with Gasteiger partial charge >= 0.3 is 0 Å². The lowest BCUT2D eigenvalue weighted by Crippen LogP contribution is -2.50. The molecule has 1 aliphatic carbocycles. The van der Waals surface area contributed by atoms with Gasteiger partial charge in [-0.2, -0.15) is 0 Å². The molecule has 1 fully saturated rings. The molecule has 3 heteroatoms. The minimum atomic E-state index is -0.0762. The predicted octanol–water partition coefficient (Wildman–Crippen LogP) is 1.54. The molecule has 15 heavy (non-hydrogen) atoms. The molecule has 1 rings (SSSR count). The van der Waals surface area contributed by atoms with Crippen LogP contribution >= 0.6 is 0 Å². The average Bonchev–Trinajstić information content (AvgIpc) is 2.23. The van der Waals surface area contributed by atoms with Gasteiger partial charge in [0.05, 0.1) is 6.04 Å². The number of rotatable bonds is 3. The molecule has 0 saturated heterocycles. The molecule has 3 nitrogen and oxygen atoms in total. The van der Waals surface area contributed by atoms with E-state index in [2.05, 4.69) is 24.5 Å². The first-order chi connectivity index (χ1) is 7.06. The van der Waals surface area contributed by atoms with Crippen LogP contribution in [-0.2, 0) is 4.79 Å². The fraction of sp³-hybridized carbons (Fsp3) is 0.917. The lowest BCUT2D eigenvalue weighted by molar-refractivity contribution is -0.122. The van der Waals surface area contributed by atoms with Gasteiger partial charge in [-0.25, -0.2) is 0 Å². The van der Waals surface area contributed by atoms with Gasteiger partial charge in [0.2, 0.25) is 5.91 Å². The third-order valence-corrected chi connectivity index (χ3v) is 3.81. The average molecular weight is 212 g/mol. The van der Waals surface area contributed by atoms with Gasteiger partial charge in [-0.3, -0.25) is 4.79 Å². The van der Waals surface area contributed by atoms with E-state index in [0.717, 1.165) is 5.92 Å². The molecule has 0 heterocycles. The van der Waals surface area contributed by atoms with Crippen molar-refractivity contribution < 1.29 is 4.79 Å². The molecular formula is C12H24N2O. The zero-order chi connectivity index (χ0) is 11.4. The number of likely N-dealkylation sites (N-methyl/N-ethyl adjacent to an activating group) is 1. The number of hydrogen-bond donors (Lipinski definition) is 2. The fourth-order valence-corrected chi connectivity index (χ4v) is 2.43. The summed E-state index contributed by atoms with van der Waals surface area (Å²) in [6.45, 7) is 6.53. The second kappa shape index (κ2) is 5.50. The van der Waals surface area contributed by atoms with Crippen LogP contribution in [0.15, 0.2) is 0 Å². The van der Waals surface area contributed by atoms with Crippen molar-refractivity contribution in [2.45, 2.75) is 52.1 Å². The molecule has 2 N–H and O–H groups in total. The van der Waals surface area contributed by atoms with E-state index < -0.39 is 0 Å². The van der Waals surface area contributed by atoms with Crippen LogP contribution in [0.5, 0.6) is 0 Å². The summed E-state index contributed by atoms with van der Waals surface area (Å²) < 4.78 is 0. The second-order valence-electron chi connectivity index (χ2n) is 4.88. The molecule has 4 unspecified atom stereocenters. The van der Waals surface area contributed by atoms with Crippen LogP contribution in [0.1, 0.15) is 40.0 Å². The van der Waals surface area contributed by atoms with Crippen molar-refractivity contribution in [1.82, 2.24) is 10.6 Å². The maximum Gasteiger partial charge on any atom is 0.236 e. The van der Waals surface area contributed by atoms with E-state index in [1.54, 1.807) is 7.05 Å². The molecular weight excluding hydrogens is 188 g/mol. The smallest absolute Gasteiger partial charge is 0.236 e. The summed E-state index contributed by atoms with van der Waals surface area (Å²) in [5.41, 5.74) is 0. The molecule has 0 aromatic heterocycles. The number of amides is 1. The minimum Gasteiger partial charge on any atom is -0.358 e.